The summed E-state index contributed by atoms with van der Waals surface area (Å²) in [5, 5.41) is 12.1. The fourth-order valence-electron chi connectivity index (χ4n) is 5.46. The number of carbonyl (C=O) groups is 1. The van der Waals surface area contributed by atoms with Gasteiger partial charge in [0.1, 0.15) is 5.75 Å². The summed E-state index contributed by atoms with van der Waals surface area (Å²) in [6.45, 7) is 4.12. The predicted octanol–water partition coefficient (Wildman–Crippen LogP) is 4.72. The van der Waals surface area contributed by atoms with Gasteiger partial charge in [0, 0.05) is 35.3 Å². The van der Waals surface area contributed by atoms with Gasteiger partial charge in [-0.15, -0.1) is 0 Å². The molecule has 6 rings (SSSR count). The third kappa shape index (κ3) is 5.22. The Kier molecular flexibility index (Phi) is 7.71. The van der Waals surface area contributed by atoms with E-state index >= 15 is 0 Å². The zero-order valence-electron chi connectivity index (χ0n) is 24.2. The molecule has 3 aromatic carbocycles. The van der Waals surface area contributed by atoms with Gasteiger partial charge in [-0.3, -0.25) is 19.5 Å². The molecule has 0 amide bonds. The van der Waals surface area contributed by atoms with Crippen LogP contribution in [0.2, 0.25) is 0 Å². The molecule has 1 aliphatic rings. The Labute approximate surface area is 255 Å². The van der Waals surface area contributed by atoms with Crippen LogP contribution in [-0.4, -0.2) is 33.7 Å². The number of aromatic nitrogens is 2. The van der Waals surface area contributed by atoms with Gasteiger partial charge in [-0.2, -0.15) is 0 Å². The van der Waals surface area contributed by atoms with Crippen LogP contribution in [0.3, 0.4) is 0 Å². The van der Waals surface area contributed by atoms with Crippen molar-refractivity contribution < 1.29 is 19.2 Å². The number of esters is 1. The van der Waals surface area contributed by atoms with E-state index in [9.17, 15) is 19.7 Å². The maximum absolute atomic E-state index is 14.2. The molecule has 0 aliphatic carbocycles. The predicted molar refractivity (Wildman–Crippen MR) is 168 cm³/mol. The summed E-state index contributed by atoms with van der Waals surface area (Å²) in [7, 11) is 1.58. The van der Waals surface area contributed by atoms with Crippen molar-refractivity contribution >= 4 is 40.0 Å². The van der Waals surface area contributed by atoms with Gasteiger partial charge in [0.05, 0.1) is 40.5 Å². The van der Waals surface area contributed by atoms with Gasteiger partial charge in [-0.25, -0.2) is 9.79 Å². The Morgan fingerprint density at radius 3 is 2.50 bits per heavy atom. The molecule has 2 aromatic heterocycles. The molecular formula is C33H28N4O6S. The highest BCUT2D eigenvalue weighted by Crippen LogP contribution is 2.32. The summed E-state index contributed by atoms with van der Waals surface area (Å²) in [6.07, 6.45) is 1.84. The van der Waals surface area contributed by atoms with Crippen LogP contribution in [0.5, 0.6) is 5.75 Å². The number of nitrogens with zero attached hydrogens (tertiary/aromatic N) is 4. The third-order valence-electron chi connectivity index (χ3n) is 7.56. The molecule has 0 saturated heterocycles. The van der Waals surface area contributed by atoms with Gasteiger partial charge in [-0.1, -0.05) is 53.8 Å². The van der Waals surface area contributed by atoms with Crippen LogP contribution >= 0.6 is 11.3 Å². The molecule has 11 heteroatoms. The quantitative estimate of drug-likeness (QED) is 0.143. The van der Waals surface area contributed by atoms with Crippen molar-refractivity contribution in [3.05, 3.63) is 137 Å². The number of carbonyl (C=O) groups excluding carboxylic acids is 1. The molecular weight excluding hydrogens is 580 g/mol. The van der Waals surface area contributed by atoms with E-state index in [2.05, 4.69) is 9.56 Å². The first-order chi connectivity index (χ1) is 21.3. The minimum Gasteiger partial charge on any atom is -0.497 e. The summed E-state index contributed by atoms with van der Waals surface area (Å²) in [5.41, 5.74) is 3.89. The Morgan fingerprint density at radius 2 is 1.82 bits per heavy atom. The number of rotatable bonds is 8. The average molecular weight is 609 g/mol. The van der Waals surface area contributed by atoms with E-state index in [0.717, 1.165) is 27.7 Å². The number of benzene rings is 3. The Hall–Kier alpha value is -5.29. The molecule has 1 atom stereocenters. The summed E-state index contributed by atoms with van der Waals surface area (Å²) in [5.74, 6) is 0.132. The Bertz CT molecular complexity index is 2120. The molecule has 0 unspecified atom stereocenters. The zero-order chi connectivity index (χ0) is 31.0. The average Bonchev–Trinajstić information content (AvgIpc) is 3.52. The number of ether oxygens (including phenoxy) is 2. The molecule has 5 aromatic rings. The minimum absolute atomic E-state index is 0.0244. The van der Waals surface area contributed by atoms with Crippen molar-refractivity contribution in [3.63, 3.8) is 0 Å². The fraction of sp³-hybridized carbons (Fsp3) is 0.182. The van der Waals surface area contributed by atoms with Gasteiger partial charge in [-0.05, 0) is 55.3 Å². The van der Waals surface area contributed by atoms with Crippen molar-refractivity contribution in [2.24, 2.45) is 4.99 Å². The number of allylic oxidation sites excluding steroid dienone is 1. The van der Waals surface area contributed by atoms with Gasteiger partial charge < -0.3 is 14.0 Å². The molecule has 10 nitrogen and oxygen atoms in total. The summed E-state index contributed by atoms with van der Waals surface area (Å²) < 4.78 is 14.8. The van der Waals surface area contributed by atoms with E-state index in [0.29, 0.717) is 32.9 Å². The molecule has 0 bridgehead atoms. The SMILES string of the molecule is CCOC(=O)C1=C(C)N=c2sc(=Cc3cc4ccccc4n3Cc3ccc([N+](=O)[O-])cc3)c(=O)n2[C@@H]1c1ccc(OC)cc1. The van der Waals surface area contributed by atoms with Gasteiger partial charge in [0.25, 0.3) is 11.2 Å². The number of hydrogen-bond donors (Lipinski definition) is 0. The first-order valence-electron chi connectivity index (χ1n) is 13.9. The molecule has 3 heterocycles. The van der Waals surface area contributed by atoms with Crippen molar-refractivity contribution in [2.45, 2.75) is 26.4 Å². The number of nitro benzene ring substituents is 1. The lowest BCUT2D eigenvalue weighted by atomic mass is 9.96. The maximum atomic E-state index is 14.2. The standard InChI is InChI=1S/C33H28N4O6S/c1-4-43-32(39)29-20(2)34-33-36(30(29)22-11-15-26(42-3)16-12-22)31(38)28(44-33)18-25-17-23-7-5-6-8-27(23)35(25)19-21-9-13-24(14-10-21)37(40)41/h5-18,30H,4,19H2,1-3H3/t30-/m1/s1. The molecule has 44 heavy (non-hydrogen) atoms. The van der Waals surface area contributed by atoms with E-state index in [1.807, 2.05) is 48.5 Å². The maximum Gasteiger partial charge on any atom is 0.338 e. The van der Waals surface area contributed by atoms with Crippen LogP contribution in [0.15, 0.2) is 99.9 Å². The second-order valence-corrected chi connectivity index (χ2v) is 11.2. The number of para-hydroxylation sites is 1. The van der Waals surface area contributed by atoms with E-state index in [1.165, 1.54) is 23.5 Å². The number of hydrogen-bond acceptors (Lipinski definition) is 8. The molecule has 0 saturated carbocycles. The first kappa shape index (κ1) is 28.8. The van der Waals surface area contributed by atoms with Gasteiger partial charge >= 0.3 is 5.97 Å². The number of fused-ring (bicyclic) bond motifs is 2. The lowest BCUT2D eigenvalue weighted by molar-refractivity contribution is -0.384. The van der Waals surface area contributed by atoms with Crippen molar-refractivity contribution in [1.82, 2.24) is 9.13 Å². The third-order valence-corrected chi connectivity index (χ3v) is 8.54. The van der Waals surface area contributed by atoms with Crippen LogP contribution in [0.4, 0.5) is 5.69 Å². The molecule has 1 aliphatic heterocycles. The number of methoxy groups -OCH3 is 1. The van der Waals surface area contributed by atoms with Crippen LogP contribution in [-0.2, 0) is 16.1 Å². The highest BCUT2D eigenvalue weighted by molar-refractivity contribution is 7.07. The van der Waals surface area contributed by atoms with Crippen LogP contribution in [0.25, 0.3) is 17.0 Å². The fourth-order valence-corrected chi connectivity index (χ4v) is 6.49. The van der Waals surface area contributed by atoms with Crippen molar-refractivity contribution in [1.29, 1.82) is 0 Å². The Balaban J connectivity index is 1.51. The van der Waals surface area contributed by atoms with Gasteiger partial charge in [0.2, 0.25) is 0 Å². The van der Waals surface area contributed by atoms with E-state index in [-0.39, 0.29) is 17.9 Å². The summed E-state index contributed by atoms with van der Waals surface area (Å²) in [4.78, 5) is 43.2. The first-order valence-corrected chi connectivity index (χ1v) is 14.8. The highest BCUT2D eigenvalue weighted by Gasteiger charge is 2.33. The van der Waals surface area contributed by atoms with Crippen molar-refractivity contribution in [3.8, 4) is 5.75 Å². The van der Waals surface area contributed by atoms with Crippen LogP contribution in [0, 0.1) is 10.1 Å². The summed E-state index contributed by atoms with van der Waals surface area (Å²) >= 11 is 1.25. The molecule has 0 spiro atoms. The molecule has 0 fully saturated rings. The minimum atomic E-state index is -0.732. The van der Waals surface area contributed by atoms with Crippen LogP contribution in [0.1, 0.15) is 36.7 Å². The number of thiazole rings is 1. The topological polar surface area (TPSA) is 118 Å². The lowest BCUT2D eigenvalue weighted by Crippen LogP contribution is -2.40. The second-order valence-electron chi connectivity index (χ2n) is 10.2. The highest BCUT2D eigenvalue weighted by atomic mass is 32.1. The van der Waals surface area contributed by atoms with E-state index in [4.69, 9.17) is 9.47 Å². The van der Waals surface area contributed by atoms with Crippen molar-refractivity contribution in [2.75, 3.05) is 13.7 Å². The zero-order valence-corrected chi connectivity index (χ0v) is 25.0. The smallest absolute Gasteiger partial charge is 0.338 e. The van der Waals surface area contributed by atoms with E-state index in [1.54, 1.807) is 49.8 Å². The molecule has 0 radical (unpaired) electrons. The number of nitro groups is 1. The monoisotopic (exact) mass is 608 g/mol. The normalized spacial score (nSPS) is 14.8. The Morgan fingerprint density at radius 1 is 1.09 bits per heavy atom. The number of non-ortho nitro benzene ring substituents is 1. The molecule has 222 valence electrons. The lowest BCUT2D eigenvalue weighted by Gasteiger charge is -2.24. The van der Waals surface area contributed by atoms with Crippen LogP contribution < -0.4 is 19.6 Å². The van der Waals surface area contributed by atoms with Gasteiger partial charge in [0.15, 0.2) is 4.80 Å². The molecule has 0 N–H and O–H groups in total. The largest absolute Gasteiger partial charge is 0.497 e. The van der Waals surface area contributed by atoms with E-state index < -0.39 is 16.9 Å². The second kappa shape index (κ2) is 11.8. The summed E-state index contributed by atoms with van der Waals surface area (Å²) in [6, 6.07) is 22.9.